The van der Waals surface area contributed by atoms with Crippen LogP contribution < -0.4 is 0 Å². The zero-order valence-electron chi connectivity index (χ0n) is 7.89. The Hall–Kier alpha value is -0.480. The first-order valence-electron chi connectivity index (χ1n) is 4.55. The van der Waals surface area contributed by atoms with Gasteiger partial charge >= 0.3 is 0 Å². The third kappa shape index (κ3) is 3.35. The van der Waals surface area contributed by atoms with E-state index in [1.54, 1.807) is 24.3 Å². The van der Waals surface area contributed by atoms with E-state index in [2.05, 4.69) is 12.6 Å². The van der Waals surface area contributed by atoms with E-state index in [4.69, 9.17) is 0 Å². The predicted octanol–water partition coefficient (Wildman–Crippen LogP) is 2.17. The van der Waals surface area contributed by atoms with Gasteiger partial charge in [-0.15, -0.1) is 0 Å². The minimum Gasteiger partial charge on any atom is -0.224 e. The van der Waals surface area contributed by atoms with Crippen LogP contribution in [0.5, 0.6) is 0 Å². The van der Waals surface area contributed by atoms with Crippen molar-refractivity contribution in [2.45, 2.75) is 17.7 Å². The standard InChI is InChI=1S/C10H14O2S2/c11-14(12,9-5-4-8-13)10-6-2-1-3-7-10/h1-3,6-7,13H,4-5,8-9H2. The minimum absolute atomic E-state index is 0.220. The Bertz CT molecular complexity index is 357. The van der Waals surface area contributed by atoms with Crippen molar-refractivity contribution >= 4 is 22.5 Å². The van der Waals surface area contributed by atoms with Crippen LogP contribution in [0, 0.1) is 0 Å². The second-order valence-electron chi connectivity index (χ2n) is 3.06. The van der Waals surface area contributed by atoms with Crippen molar-refractivity contribution in [3.8, 4) is 0 Å². The van der Waals surface area contributed by atoms with Gasteiger partial charge < -0.3 is 0 Å². The lowest BCUT2D eigenvalue weighted by molar-refractivity contribution is 0.593. The smallest absolute Gasteiger partial charge is 0.178 e. The molecule has 0 fully saturated rings. The van der Waals surface area contributed by atoms with Gasteiger partial charge in [0.1, 0.15) is 0 Å². The fourth-order valence-corrected chi connectivity index (χ4v) is 2.76. The second kappa shape index (κ2) is 5.41. The summed E-state index contributed by atoms with van der Waals surface area (Å²) >= 11 is 4.04. The van der Waals surface area contributed by atoms with Crippen LogP contribution in [0.1, 0.15) is 12.8 Å². The molecule has 1 rings (SSSR count). The number of thiol groups is 1. The van der Waals surface area contributed by atoms with Crippen LogP contribution in [0.25, 0.3) is 0 Å². The molecule has 0 aliphatic heterocycles. The number of sulfone groups is 1. The van der Waals surface area contributed by atoms with E-state index >= 15 is 0 Å². The molecule has 0 saturated heterocycles. The first kappa shape index (κ1) is 11.6. The maximum absolute atomic E-state index is 11.7. The van der Waals surface area contributed by atoms with Crippen molar-refractivity contribution in [3.05, 3.63) is 30.3 Å². The van der Waals surface area contributed by atoms with E-state index in [9.17, 15) is 8.42 Å². The summed E-state index contributed by atoms with van der Waals surface area (Å²) in [7, 11) is -3.07. The van der Waals surface area contributed by atoms with Crippen molar-refractivity contribution in [1.29, 1.82) is 0 Å². The van der Waals surface area contributed by atoms with E-state index in [1.807, 2.05) is 6.07 Å². The molecule has 0 spiro atoms. The molecule has 0 unspecified atom stereocenters. The van der Waals surface area contributed by atoms with E-state index in [0.717, 1.165) is 12.2 Å². The van der Waals surface area contributed by atoms with Crippen LogP contribution in [0.3, 0.4) is 0 Å². The Morgan fingerprint density at radius 2 is 1.71 bits per heavy atom. The molecule has 4 heteroatoms. The second-order valence-corrected chi connectivity index (χ2v) is 5.62. The van der Waals surface area contributed by atoms with Crippen molar-refractivity contribution in [2.24, 2.45) is 0 Å². The summed E-state index contributed by atoms with van der Waals surface area (Å²) < 4.78 is 23.4. The van der Waals surface area contributed by atoms with E-state index < -0.39 is 9.84 Å². The van der Waals surface area contributed by atoms with Crippen molar-refractivity contribution in [1.82, 2.24) is 0 Å². The molecule has 0 saturated carbocycles. The normalized spacial score (nSPS) is 11.5. The monoisotopic (exact) mass is 230 g/mol. The van der Waals surface area contributed by atoms with Crippen LogP contribution in [-0.4, -0.2) is 19.9 Å². The average Bonchev–Trinajstić information content (AvgIpc) is 2.19. The van der Waals surface area contributed by atoms with Gasteiger partial charge in [-0.25, -0.2) is 8.42 Å². The minimum atomic E-state index is -3.07. The average molecular weight is 230 g/mol. The van der Waals surface area contributed by atoms with Gasteiger partial charge in [0.25, 0.3) is 0 Å². The Balaban J connectivity index is 2.67. The molecule has 0 amide bonds. The molecular formula is C10H14O2S2. The molecular weight excluding hydrogens is 216 g/mol. The summed E-state index contributed by atoms with van der Waals surface area (Å²) in [6.07, 6.45) is 1.52. The number of rotatable bonds is 5. The maximum atomic E-state index is 11.7. The molecule has 1 aromatic rings. The molecule has 78 valence electrons. The summed E-state index contributed by atoms with van der Waals surface area (Å²) in [4.78, 5) is 0.416. The number of hydrogen-bond acceptors (Lipinski definition) is 3. The SMILES string of the molecule is O=S(=O)(CCCCS)c1ccccc1. The van der Waals surface area contributed by atoms with Gasteiger partial charge in [-0.05, 0) is 30.7 Å². The lowest BCUT2D eigenvalue weighted by Gasteiger charge is -2.02. The highest BCUT2D eigenvalue weighted by atomic mass is 32.2. The van der Waals surface area contributed by atoms with Gasteiger partial charge in [0.2, 0.25) is 0 Å². The Morgan fingerprint density at radius 1 is 1.07 bits per heavy atom. The highest BCUT2D eigenvalue weighted by molar-refractivity contribution is 7.91. The van der Waals surface area contributed by atoms with Gasteiger partial charge in [0.15, 0.2) is 9.84 Å². The van der Waals surface area contributed by atoms with Crippen LogP contribution in [0.15, 0.2) is 35.2 Å². The van der Waals surface area contributed by atoms with Gasteiger partial charge in [0.05, 0.1) is 10.6 Å². The van der Waals surface area contributed by atoms with Crippen molar-refractivity contribution < 1.29 is 8.42 Å². The molecule has 2 nitrogen and oxygen atoms in total. The first-order valence-corrected chi connectivity index (χ1v) is 6.84. The number of benzene rings is 1. The van der Waals surface area contributed by atoms with Crippen LogP contribution >= 0.6 is 12.6 Å². The molecule has 0 aliphatic carbocycles. The van der Waals surface area contributed by atoms with Gasteiger partial charge in [-0.3, -0.25) is 0 Å². The van der Waals surface area contributed by atoms with Crippen LogP contribution in [0.4, 0.5) is 0 Å². The highest BCUT2D eigenvalue weighted by Crippen LogP contribution is 2.11. The molecule has 0 heterocycles. The molecule has 0 aliphatic rings. The molecule has 0 aromatic heterocycles. The fraction of sp³-hybridized carbons (Fsp3) is 0.400. The van der Waals surface area contributed by atoms with Crippen molar-refractivity contribution in [3.63, 3.8) is 0 Å². The van der Waals surface area contributed by atoms with Crippen molar-refractivity contribution in [2.75, 3.05) is 11.5 Å². The zero-order chi connectivity index (χ0) is 10.4. The molecule has 0 radical (unpaired) electrons. The quantitative estimate of drug-likeness (QED) is 0.621. The first-order chi connectivity index (χ1) is 6.67. The molecule has 14 heavy (non-hydrogen) atoms. The number of hydrogen-bond donors (Lipinski definition) is 1. The largest absolute Gasteiger partial charge is 0.224 e. The summed E-state index contributed by atoms with van der Waals surface area (Å²) in [5.74, 6) is 0.960. The van der Waals surface area contributed by atoms with E-state index in [1.165, 1.54) is 0 Å². The Labute approximate surface area is 90.7 Å². The highest BCUT2D eigenvalue weighted by Gasteiger charge is 2.12. The molecule has 1 aromatic carbocycles. The molecule has 0 N–H and O–H groups in total. The summed E-state index contributed by atoms with van der Waals surface area (Å²) in [6.45, 7) is 0. The summed E-state index contributed by atoms with van der Waals surface area (Å²) in [5, 5.41) is 0. The molecule has 0 atom stereocenters. The van der Waals surface area contributed by atoms with Gasteiger partial charge in [-0.2, -0.15) is 12.6 Å². The van der Waals surface area contributed by atoms with E-state index in [0.29, 0.717) is 11.3 Å². The number of unbranched alkanes of at least 4 members (excludes halogenated alkanes) is 1. The van der Waals surface area contributed by atoms with Crippen LogP contribution in [-0.2, 0) is 9.84 Å². The summed E-state index contributed by atoms with van der Waals surface area (Å²) in [6, 6.07) is 8.57. The Kier molecular flexibility index (Phi) is 4.48. The summed E-state index contributed by atoms with van der Waals surface area (Å²) in [5.41, 5.74) is 0. The third-order valence-corrected chi connectivity index (χ3v) is 4.06. The molecule has 0 bridgehead atoms. The lowest BCUT2D eigenvalue weighted by Crippen LogP contribution is -2.06. The van der Waals surface area contributed by atoms with Gasteiger partial charge in [-0.1, -0.05) is 18.2 Å². The van der Waals surface area contributed by atoms with E-state index in [-0.39, 0.29) is 5.75 Å². The van der Waals surface area contributed by atoms with Crippen LogP contribution in [0.2, 0.25) is 0 Å². The Morgan fingerprint density at radius 3 is 2.29 bits per heavy atom. The fourth-order valence-electron chi connectivity index (χ4n) is 1.15. The lowest BCUT2D eigenvalue weighted by atomic mass is 10.4. The third-order valence-electron chi connectivity index (χ3n) is 1.92. The zero-order valence-corrected chi connectivity index (χ0v) is 9.60. The predicted molar refractivity (Wildman–Crippen MR) is 61.6 cm³/mol. The topological polar surface area (TPSA) is 34.1 Å². The van der Waals surface area contributed by atoms with Gasteiger partial charge in [0, 0.05) is 0 Å². The maximum Gasteiger partial charge on any atom is 0.178 e.